The van der Waals surface area contributed by atoms with Crippen molar-refractivity contribution < 1.29 is 9.47 Å². The number of nitrogens with zero attached hydrogens (tertiary/aromatic N) is 4. The summed E-state index contributed by atoms with van der Waals surface area (Å²) < 4.78 is 12.3. The van der Waals surface area contributed by atoms with Crippen molar-refractivity contribution in [1.82, 2.24) is 20.2 Å². The highest BCUT2D eigenvalue weighted by Gasteiger charge is 2.19. The first-order chi connectivity index (χ1) is 9.71. The Morgan fingerprint density at radius 3 is 2.80 bits per heavy atom. The largest absolute Gasteiger partial charge is 0.496 e. The highest BCUT2D eigenvalue weighted by molar-refractivity contribution is 5.68. The van der Waals surface area contributed by atoms with Crippen molar-refractivity contribution in [3.63, 3.8) is 0 Å². The smallest absolute Gasteiger partial charge is 0.186 e. The number of benzene rings is 1. The van der Waals surface area contributed by atoms with Gasteiger partial charge in [-0.15, -0.1) is 5.10 Å². The second kappa shape index (κ2) is 6.33. The van der Waals surface area contributed by atoms with Gasteiger partial charge in [-0.1, -0.05) is 6.92 Å². The number of ether oxygens (including phenoxy) is 2. The topological polar surface area (TPSA) is 88.1 Å². The number of tetrazole rings is 1. The summed E-state index contributed by atoms with van der Waals surface area (Å²) in [6.45, 7) is 2.60. The maximum Gasteiger partial charge on any atom is 0.186 e. The molecule has 0 bridgehead atoms. The maximum atomic E-state index is 5.85. The molecule has 1 atom stereocenters. The molecule has 1 heterocycles. The van der Waals surface area contributed by atoms with Gasteiger partial charge in [0.1, 0.15) is 5.75 Å². The van der Waals surface area contributed by atoms with E-state index >= 15 is 0 Å². The second-order valence-electron chi connectivity index (χ2n) is 4.42. The molecule has 1 aromatic carbocycles. The minimum Gasteiger partial charge on any atom is -0.496 e. The van der Waals surface area contributed by atoms with Crippen molar-refractivity contribution in [1.29, 1.82) is 0 Å². The van der Waals surface area contributed by atoms with Crippen LogP contribution in [0.5, 0.6) is 5.75 Å². The Morgan fingerprint density at radius 2 is 2.15 bits per heavy atom. The molecule has 2 rings (SSSR count). The molecule has 0 aliphatic heterocycles. The van der Waals surface area contributed by atoms with Crippen molar-refractivity contribution in [2.45, 2.75) is 19.4 Å². The Hall–Kier alpha value is -2.15. The summed E-state index contributed by atoms with van der Waals surface area (Å²) in [6.07, 6.45) is 0.858. The number of nitrogens with two attached hydrogens (primary N) is 1. The van der Waals surface area contributed by atoms with Crippen LogP contribution in [-0.2, 0) is 4.74 Å². The fourth-order valence-electron chi connectivity index (χ4n) is 2.07. The van der Waals surface area contributed by atoms with E-state index in [1.807, 2.05) is 0 Å². The summed E-state index contributed by atoms with van der Waals surface area (Å²) >= 11 is 0. The van der Waals surface area contributed by atoms with E-state index < -0.39 is 0 Å². The Balaban J connectivity index is 2.48. The molecule has 1 aromatic heterocycles. The minimum atomic E-state index is 0.0659. The minimum absolute atomic E-state index is 0.0659. The molecule has 7 heteroatoms. The van der Waals surface area contributed by atoms with E-state index in [2.05, 4.69) is 22.4 Å². The average Bonchev–Trinajstić information content (AvgIpc) is 2.93. The summed E-state index contributed by atoms with van der Waals surface area (Å²) in [6, 6.07) is 5.46. The monoisotopic (exact) mass is 277 g/mol. The van der Waals surface area contributed by atoms with Crippen LogP contribution in [0.25, 0.3) is 11.4 Å². The van der Waals surface area contributed by atoms with Gasteiger partial charge in [0.25, 0.3) is 0 Å². The summed E-state index contributed by atoms with van der Waals surface area (Å²) in [7, 11) is 3.27. The zero-order valence-electron chi connectivity index (χ0n) is 11.9. The van der Waals surface area contributed by atoms with Gasteiger partial charge in [0.05, 0.1) is 25.3 Å². The molecule has 1 unspecified atom stereocenters. The van der Waals surface area contributed by atoms with Crippen LogP contribution in [0.15, 0.2) is 18.2 Å². The Kier molecular flexibility index (Phi) is 4.52. The van der Waals surface area contributed by atoms with E-state index in [0.29, 0.717) is 23.9 Å². The number of nitrogen functional groups attached to an aromatic ring is 1. The third kappa shape index (κ3) is 2.72. The molecule has 108 valence electrons. The molecule has 0 fully saturated rings. The third-order valence-corrected chi connectivity index (χ3v) is 3.13. The quantitative estimate of drug-likeness (QED) is 0.805. The lowest BCUT2D eigenvalue weighted by Gasteiger charge is -2.16. The van der Waals surface area contributed by atoms with Crippen molar-refractivity contribution >= 4 is 5.69 Å². The van der Waals surface area contributed by atoms with Crippen molar-refractivity contribution in [3.8, 4) is 17.1 Å². The zero-order chi connectivity index (χ0) is 14.5. The van der Waals surface area contributed by atoms with Crippen LogP contribution in [0.3, 0.4) is 0 Å². The molecule has 0 saturated heterocycles. The molecular weight excluding hydrogens is 258 g/mol. The number of hydrogen-bond acceptors (Lipinski definition) is 6. The van der Waals surface area contributed by atoms with E-state index in [-0.39, 0.29) is 6.04 Å². The molecule has 0 radical (unpaired) electrons. The van der Waals surface area contributed by atoms with E-state index in [1.165, 1.54) is 0 Å². The van der Waals surface area contributed by atoms with Crippen LogP contribution in [0, 0.1) is 0 Å². The lowest BCUT2D eigenvalue weighted by atomic mass is 10.1. The van der Waals surface area contributed by atoms with Gasteiger partial charge in [-0.05, 0) is 35.0 Å². The van der Waals surface area contributed by atoms with Gasteiger partial charge in [-0.3, -0.25) is 0 Å². The summed E-state index contributed by atoms with van der Waals surface area (Å²) in [5.41, 5.74) is 7.25. The van der Waals surface area contributed by atoms with Gasteiger partial charge >= 0.3 is 0 Å². The molecule has 2 aromatic rings. The molecule has 0 saturated carbocycles. The first-order valence-electron chi connectivity index (χ1n) is 6.42. The molecule has 0 amide bonds. The Morgan fingerprint density at radius 1 is 1.35 bits per heavy atom. The van der Waals surface area contributed by atoms with Gasteiger partial charge in [-0.2, -0.15) is 0 Å². The molecule has 2 N–H and O–H groups in total. The lowest BCUT2D eigenvalue weighted by Crippen LogP contribution is -2.16. The van der Waals surface area contributed by atoms with Crippen molar-refractivity contribution in [2.24, 2.45) is 0 Å². The summed E-state index contributed by atoms with van der Waals surface area (Å²) in [5.74, 6) is 1.31. The third-order valence-electron chi connectivity index (χ3n) is 3.13. The number of hydrogen-bond donors (Lipinski definition) is 1. The van der Waals surface area contributed by atoms with Gasteiger partial charge in [0.15, 0.2) is 5.82 Å². The molecule has 0 aliphatic carbocycles. The van der Waals surface area contributed by atoms with Crippen molar-refractivity contribution in [2.75, 3.05) is 26.6 Å². The average molecular weight is 277 g/mol. The van der Waals surface area contributed by atoms with Gasteiger partial charge in [-0.25, -0.2) is 4.68 Å². The molecule has 20 heavy (non-hydrogen) atoms. The Bertz CT molecular complexity index is 570. The van der Waals surface area contributed by atoms with E-state index in [0.717, 1.165) is 12.0 Å². The Labute approximate surface area is 117 Å². The number of methoxy groups -OCH3 is 2. The van der Waals surface area contributed by atoms with Gasteiger partial charge in [0.2, 0.25) is 0 Å². The second-order valence-corrected chi connectivity index (χ2v) is 4.42. The van der Waals surface area contributed by atoms with Crippen LogP contribution in [0.1, 0.15) is 19.4 Å². The standard InChI is InChI=1S/C13H19N5O2/c1-4-10(8-19-2)18-13(15-16-17-18)11-7-9(14)5-6-12(11)20-3/h5-7,10H,4,8,14H2,1-3H3. The fourth-order valence-corrected chi connectivity index (χ4v) is 2.07. The number of anilines is 1. The first-order valence-corrected chi connectivity index (χ1v) is 6.42. The summed E-state index contributed by atoms with van der Waals surface area (Å²) in [5, 5.41) is 11.9. The normalized spacial score (nSPS) is 12.3. The van der Waals surface area contributed by atoms with E-state index in [1.54, 1.807) is 37.1 Å². The molecule has 7 nitrogen and oxygen atoms in total. The van der Waals surface area contributed by atoms with E-state index in [9.17, 15) is 0 Å². The van der Waals surface area contributed by atoms with Crippen LogP contribution in [0.4, 0.5) is 5.69 Å². The maximum absolute atomic E-state index is 5.85. The van der Waals surface area contributed by atoms with Crippen LogP contribution in [-0.4, -0.2) is 41.0 Å². The highest BCUT2D eigenvalue weighted by atomic mass is 16.5. The lowest BCUT2D eigenvalue weighted by molar-refractivity contribution is 0.147. The predicted molar refractivity (Wildman–Crippen MR) is 75.4 cm³/mol. The van der Waals surface area contributed by atoms with E-state index in [4.69, 9.17) is 15.2 Å². The van der Waals surface area contributed by atoms with Gasteiger partial charge < -0.3 is 15.2 Å². The van der Waals surface area contributed by atoms with Crippen molar-refractivity contribution in [3.05, 3.63) is 18.2 Å². The number of aromatic nitrogens is 4. The molecular formula is C13H19N5O2. The highest BCUT2D eigenvalue weighted by Crippen LogP contribution is 2.31. The molecule has 0 spiro atoms. The van der Waals surface area contributed by atoms with Crippen LogP contribution in [0.2, 0.25) is 0 Å². The molecule has 0 aliphatic rings. The SMILES string of the molecule is CCC(COC)n1nnnc1-c1cc(N)ccc1OC. The van der Waals surface area contributed by atoms with Crippen LogP contribution >= 0.6 is 0 Å². The fraction of sp³-hybridized carbons (Fsp3) is 0.462. The number of rotatable bonds is 6. The van der Waals surface area contributed by atoms with Gasteiger partial charge in [0, 0.05) is 12.8 Å². The van der Waals surface area contributed by atoms with Crippen LogP contribution < -0.4 is 10.5 Å². The zero-order valence-corrected chi connectivity index (χ0v) is 11.9. The predicted octanol–water partition coefficient (Wildman–Crippen LogP) is 1.53. The first kappa shape index (κ1) is 14.3. The summed E-state index contributed by atoms with van der Waals surface area (Å²) in [4.78, 5) is 0.